The number of hydrogen-bond donors (Lipinski definition) is 0. The number of nitrogens with zero attached hydrogens (tertiary/aromatic N) is 3. The van der Waals surface area contributed by atoms with Crippen LogP contribution in [0.25, 0.3) is 11.4 Å². The minimum absolute atomic E-state index is 0.765. The third-order valence-corrected chi connectivity index (χ3v) is 11.8. The van der Waals surface area contributed by atoms with Crippen LogP contribution in [0.4, 0.5) is 0 Å². The first kappa shape index (κ1) is 22.8. The van der Waals surface area contributed by atoms with Crippen LogP contribution in [0.1, 0.15) is 11.4 Å². The molecular weight excluding hydrogens is 627 g/mol. The molecule has 34 heavy (non-hydrogen) atoms. The van der Waals surface area contributed by atoms with Gasteiger partial charge in [-0.15, -0.1) is 0 Å². The normalized spacial score (nSPS) is 11.4. The average Bonchev–Trinajstić information content (AvgIpc) is 2.87. The molecule has 0 bridgehead atoms. The summed E-state index contributed by atoms with van der Waals surface area (Å²) in [7, 11) is -2.58. The standard InChI is InChI=1S/C29H24N3Si.Bi/c1-22-18-19-27(20-28(22)29-31-21-30-23(2)32-29)33(24-12-6-3-7-13-24,25-14-8-4-9-15-25)26-16-10-5-11-17-26;/h3-20H,1-2H3;. The van der Waals surface area contributed by atoms with Crippen LogP contribution in [0.2, 0.25) is 0 Å². The maximum absolute atomic E-state index is 4.75. The van der Waals surface area contributed by atoms with Crippen molar-refractivity contribution in [2.75, 3.05) is 0 Å². The number of hydrogen-bond acceptors (Lipinski definition) is 3. The predicted molar refractivity (Wildman–Crippen MR) is 144 cm³/mol. The predicted octanol–water partition coefficient (Wildman–Crippen LogP) is 2.33. The first-order valence-corrected chi connectivity index (χ1v) is 15.0. The molecule has 164 valence electrons. The van der Waals surface area contributed by atoms with Crippen LogP contribution in [0.3, 0.4) is 0 Å². The van der Waals surface area contributed by atoms with Crippen molar-refractivity contribution < 1.29 is 0 Å². The van der Waals surface area contributed by atoms with E-state index in [1.54, 1.807) is 0 Å². The Morgan fingerprint density at radius 3 is 1.53 bits per heavy atom. The van der Waals surface area contributed by atoms with Crippen molar-refractivity contribution in [3.63, 3.8) is 0 Å². The summed E-state index contributed by atoms with van der Waals surface area (Å²) < 4.78 is 0.852. The first-order chi connectivity index (χ1) is 16.6. The first-order valence-electron chi connectivity index (χ1n) is 11.3. The number of benzene rings is 4. The minimum atomic E-state index is -2.58. The van der Waals surface area contributed by atoms with Crippen LogP contribution in [0.5, 0.6) is 0 Å². The third-order valence-electron chi connectivity index (χ3n) is 6.27. The van der Waals surface area contributed by atoms with E-state index < -0.39 is 8.07 Å². The Morgan fingerprint density at radius 1 is 0.559 bits per heavy atom. The second-order valence-electron chi connectivity index (χ2n) is 8.38. The van der Waals surface area contributed by atoms with Gasteiger partial charge in [0.25, 0.3) is 0 Å². The van der Waals surface area contributed by atoms with Crippen molar-refractivity contribution >= 4 is 57.1 Å². The summed E-state index contributed by atoms with van der Waals surface area (Å²) in [5, 5.41) is 5.39. The summed E-state index contributed by atoms with van der Waals surface area (Å²) in [5.74, 6) is 1.53. The Morgan fingerprint density at radius 2 is 1.06 bits per heavy atom. The van der Waals surface area contributed by atoms with Crippen molar-refractivity contribution in [3.8, 4) is 11.4 Å². The van der Waals surface area contributed by atoms with Crippen molar-refractivity contribution in [1.82, 2.24) is 15.0 Å². The summed E-state index contributed by atoms with van der Waals surface area (Å²) in [6.45, 7) is 4.08. The van der Waals surface area contributed by atoms with Gasteiger partial charge in [-0.05, 0) is 0 Å². The summed E-state index contributed by atoms with van der Waals surface area (Å²) in [6, 6.07) is 39.8. The molecule has 0 fully saturated rings. The summed E-state index contributed by atoms with van der Waals surface area (Å²) in [4.78, 5) is 13.9. The van der Waals surface area contributed by atoms with Crippen molar-refractivity contribution in [2.24, 2.45) is 0 Å². The average molecular weight is 652 g/mol. The van der Waals surface area contributed by atoms with Gasteiger partial charge in [0.2, 0.25) is 0 Å². The molecule has 2 radical (unpaired) electrons. The number of rotatable bonds is 5. The molecule has 0 atom stereocenters. The molecule has 0 saturated heterocycles. The van der Waals surface area contributed by atoms with Crippen LogP contribution in [0.15, 0.2) is 109 Å². The molecule has 0 spiro atoms. The van der Waals surface area contributed by atoms with E-state index in [1.807, 2.05) is 6.92 Å². The summed E-state index contributed by atoms with van der Waals surface area (Å²) in [5.41, 5.74) is 2.25. The Hall–Kier alpha value is -3.01. The molecule has 0 aliphatic rings. The molecule has 3 nitrogen and oxygen atoms in total. The van der Waals surface area contributed by atoms with Gasteiger partial charge >= 0.3 is 218 Å². The van der Waals surface area contributed by atoms with E-state index in [0.717, 1.165) is 45.5 Å². The van der Waals surface area contributed by atoms with E-state index in [1.165, 1.54) is 26.3 Å². The third kappa shape index (κ3) is 4.15. The van der Waals surface area contributed by atoms with Crippen molar-refractivity contribution in [2.45, 2.75) is 13.8 Å². The van der Waals surface area contributed by atoms with Crippen LogP contribution >= 0.6 is 0 Å². The zero-order chi connectivity index (χ0) is 23.5. The van der Waals surface area contributed by atoms with E-state index in [4.69, 9.17) is 9.97 Å². The molecule has 5 rings (SSSR count). The topological polar surface area (TPSA) is 38.7 Å². The zero-order valence-corrected chi connectivity index (χ0v) is 23.7. The van der Waals surface area contributed by atoms with Crippen LogP contribution in [-0.4, -0.2) is 47.7 Å². The molecular formula is C29H24BiN3Si. The molecule has 5 heteroatoms. The molecule has 4 aromatic carbocycles. The number of aryl methyl sites for hydroxylation is 2. The molecule has 1 aromatic heterocycles. The van der Waals surface area contributed by atoms with Crippen LogP contribution in [0, 0.1) is 13.8 Å². The van der Waals surface area contributed by atoms with E-state index in [9.17, 15) is 0 Å². The fourth-order valence-electron chi connectivity index (χ4n) is 4.75. The van der Waals surface area contributed by atoms with Gasteiger partial charge in [-0.1, -0.05) is 0 Å². The second-order valence-corrected chi connectivity index (χ2v) is 13.7. The van der Waals surface area contributed by atoms with Crippen molar-refractivity contribution in [1.29, 1.82) is 0 Å². The Kier molecular flexibility index (Phi) is 6.49. The van der Waals surface area contributed by atoms with Gasteiger partial charge in [0.15, 0.2) is 0 Å². The molecule has 0 N–H and O–H groups in total. The quantitative estimate of drug-likeness (QED) is 0.217. The van der Waals surface area contributed by atoms with Crippen molar-refractivity contribution in [3.05, 3.63) is 121 Å². The van der Waals surface area contributed by atoms with Gasteiger partial charge in [0, 0.05) is 0 Å². The molecule has 0 unspecified atom stereocenters. The SMILES string of the molecule is Cc1n[c]([Bi])nc(-c2cc([Si](c3ccccc3)(c3ccccc3)c3ccccc3)ccc2C)n1. The van der Waals surface area contributed by atoms with Crippen LogP contribution < -0.4 is 24.3 Å². The summed E-state index contributed by atoms with van der Waals surface area (Å²) >= 11 is 1.02. The Bertz CT molecular complexity index is 1310. The molecule has 0 aliphatic carbocycles. The molecule has 0 aliphatic heterocycles. The number of aromatic nitrogens is 3. The maximum atomic E-state index is 4.75. The van der Waals surface area contributed by atoms with Gasteiger partial charge in [-0.2, -0.15) is 0 Å². The molecule has 0 saturated carbocycles. The molecule has 1 heterocycles. The summed E-state index contributed by atoms with van der Waals surface area (Å²) in [6.07, 6.45) is 0. The van der Waals surface area contributed by atoms with E-state index in [-0.39, 0.29) is 0 Å². The molecule has 5 aromatic rings. The van der Waals surface area contributed by atoms with E-state index in [2.05, 4.69) is 121 Å². The fraction of sp³-hybridized carbons (Fsp3) is 0.0690. The second kappa shape index (κ2) is 9.69. The van der Waals surface area contributed by atoms with E-state index >= 15 is 0 Å². The fourth-order valence-corrected chi connectivity index (χ4v) is 10.5. The van der Waals surface area contributed by atoms with Crippen LogP contribution in [-0.2, 0) is 0 Å². The van der Waals surface area contributed by atoms with Gasteiger partial charge in [-0.3, -0.25) is 0 Å². The van der Waals surface area contributed by atoms with Gasteiger partial charge in [0.05, 0.1) is 0 Å². The van der Waals surface area contributed by atoms with Gasteiger partial charge in [0.1, 0.15) is 0 Å². The van der Waals surface area contributed by atoms with Gasteiger partial charge < -0.3 is 0 Å². The van der Waals surface area contributed by atoms with E-state index in [0.29, 0.717) is 0 Å². The Labute approximate surface area is 216 Å². The Balaban J connectivity index is 1.87. The monoisotopic (exact) mass is 651 g/mol. The van der Waals surface area contributed by atoms with Gasteiger partial charge in [-0.25, -0.2) is 0 Å². The zero-order valence-electron chi connectivity index (χ0n) is 19.2. The molecule has 0 amide bonds.